The fourth-order valence-corrected chi connectivity index (χ4v) is 7.16. The summed E-state index contributed by atoms with van der Waals surface area (Å²) < 4.78 is 5.86. The lowest BCUT2D eigenvalue weighted by Gasteiger charge is -2.43. The molecule has 25 heavy (non-hydrogen) atoms. The van der Waals surface area contributed by atoms with Gasteiger partial charge in [-0.15, -0.1) is 0 Å². The highest BCUT2D eigenvalue weighted by Gasteiger charge is 2.84. The van der Waals surface area contributed by atoms with E-state index in [1.807, 2.05) is 0 Å². The van der Waals surface area contributed by atoms with Gasteiger partial charge in [0, 0.05) is 17.3 Å². The third-order valence-electron chi connectivity index (χ3n) is 8.16. The summed E-state index contributed by atoms with van der Waals surface area (Å²) in [5.74, 6) is -3.37. The zero-order valence-electron chi connectivity index (χ0n) is 14.0. The zero-order valence-corrected chi connectivity index (χ0v) is 14.0. The molecule has 6 nitrogen and oxygen atoms in total. The molecule has 1 spiro atoms. The quantitative estimate of drug-likeness (QED) is 0.481. The van der Waals surface area contributed by atoms with Crippen molar-refractivity contribution in [2.75, 3.05) is 0 Å². The van der Waals surface area contributed by atoms with Crippen molar-refractivity contribution in [3.05, 3.63) is 24.3 Å². The topological polar surface area (TPSA) is 104 Å². The molecule has 0 aromatic rings. The van der Waals surface area contributed by atoms with Gasteiger partial charge in [-0.2, -0.15) is 0 Å². The maximum atomic E-state index is 12.7. The summed E-state index contributed by atoms with van der Waals surface area (Å²) in [5.41, 5.74) is -2.53. The van der Waals surface area contributed by atoms with Crippen LogP contribution in [0.2, 0.25) is 0 Å². The molecule has 4 aliphatic carbocycles. The zero-order chi connectivity index (χ0) is 17.9. The first kappa shape index (κ1) is 15.6. The fourth-order valence-electron chi connectivity index (χ4n) is 7.16. The molecule has 134 valence electrons. The maximum absolute atomic E-state index is 12.7. The normalized spacial score (nSPS) is 58.0. The Morgan fingerprint density at radius 3 is 2.76 bits per heavy atom. The van der Waals surface area contributed by atoms with Gasteiger partial charge in [-0.25, -0.2) is 0 Å². The molecule has 4 fully saturated rings. The molecule has 3 unspecified atom stereocenters. The van der Waals surface area contributed by atoms with E-state index in [4.69, 9.17) is 4.74 Å². The molecule has 0 radical (unpaired) electrons. The summed E-state index contributed by atoms with van der Waals surface area (Å²) >= 11 is 0. The number of aliphatic carboxylic acids is 1. The highest BCUT2D eigenvalue weighted by molar-refractivity contribution is 5.86. The van der Waals surface area contributed by atoms with Crippen molar-refractivity contribution in [3.8, 4) is 0 Å². The number of rotatable bonds is 1. The fraction of sp³-hybridized carbons (Fsp3) is 0.684. The average molecular weight is 346 g/mol. The number of carbonyl (C=O) groups is 2. The van der Waals surface area contributed by atoms with Crippen LogP contribution in [0.15, 0.2) is 24.3 Å². The Morgan fingerprint density at radius 1 is 1.36 bits per heavy atom. The van der Waals surface area contributed by atoms with Crippen LogP contribution in [0.3, 0.4) is 0 Å². The number of esters is 1. The Hall–Kier alpha value is -1.66. The molecule has 3 saturated carbocycles. The summed E-state index contributed by atoms with van der Waals surface area (Å²) in [7, 11) is 0. The molecule has 1 heterocycles. The minimum atomic E-state index is -1.30. The van der Waals surface area contributed by atoms with Crippen molar-refractivity contribution < 1.29 is 29.6 Å². The van der Waals surface area contributed by atoms with E-state index in [1.165, 1.54) is 0 Å². The molecule has 3 N–H and O–H groups in total. The summed E-state index contributed by atoms with van der Waals surface area (Å²) in [5, 5.41) is 31.7. The number of aliphatic hydroxyl groups excluding tert-OH is 2. The molecule has 0 aromatic heterocycles. The van der Waals surface area contributed by atoms with Crippen LogP contribution in [0.1, 0.15) is 26.2 Å². The summed E-state index contributed by atoms with van der Waals surface area (Å²) in [4.78, 5) is 25.1. The predicted octanol–water partition coefficient (Wildman–Crippen LogP) is 0.883. The van der Waals surface area contributed by atoms with Gasteiger partial charge in [-0.1, -0.05) is 12.7 Å². The lowest BCUT2D eigenvalue weighted by atomic mass is 9.60. The number of carbonyl (C=O) groups excluding carboxylic acids is 1. The van der Waals surface area contributed by atoms with Crippen molar-refractivity contribution >= 4 is 11.9 Å². The molecule has 1 saturated heterocycles. The Kier molecular flexibility index (Phi) is 2.60. The van der Waals surface area contributed by atoms with E-state index in [0.717, 1.165) is 6.42 Å². The van der Waals surface area contributed by atoms with Gasteiger partial charge in [0.05, 0.1) is 18.1 Å². The van der Waals surface area contributed by atoms with E-state index in [9.17, 15) is 24.9 Å². The summed E-state index contributed by atoms with van der Waals surface area (Å²) in [6, 6.07) is 0. The minimum absolute atomic E-state index is 0.112. The first-order valence-corrected chi connectivity index (χ1v) is 8.91. The molecule has 9 atom stereocenters. The number of aliphatic hydroxyl groups is 2. The Morgan fingerprint density at radius 2 is 2.08 bits per heavy atom. The molecular formula is C19H22O6. The lowest BCUT2D eigenvalue weighted by Crippen LogP contribution is -2.51. The average Bonchev–Trinajstić information content (AvgIpc) is 3.00. The van der Waals surface area contributed by atoms with Crippen LogP contribution < -0.4 is 0 Å². The summed E-state index contributed by atoms with van der Waals surface area (Å²) in [6.45, 7) is 5.64. The van der Waals surface area contributed by atoms with E-state index in [2.05, 4.69) is 6.58 Å². The van der Waals surface area contributed by atoms with E-state index in [1.54, 1.807) is 19.1 Å². The highest BCUT2D eigenvalue weighted by Crippen LogP contribution is 2.76. The SMILES string of the molecule is C=C1C(O)[C@]23C[C@H]1CC[C@H]2[C@@]12C=C[C@H](O)C(C)(C(=O)O1)C2[C@@H]3C(=O)O. The van der Waals surface area contributed by atoms with Crippen molar-refractivity contribution in [2.24, 2.45) is 34.5 Å². The van der Waals surface area contributed by atoms with Gasteiger partial charge >= 0.3 is 11.9 Å². The molecule has 6 heteroatoms. The number of carboxylic acid groups (broad SMARTS) is 1. The third-order valence-corrected chi connectivity index (χ3v) is 8.16. The Bertz CT molecular complexity index is 757. The van der Waals surface area contributed by atoms with Gasteiger partial charge in [-0.05, 0) is 43.8 Å². The summed E-state index contributed by atoms with van der Waals surface area (Å²) in [6.07, 6.45) is 3.33. The van der Waals surface area contributed by atoms with E-state index in [-0.39, 0.29) is 11.8 Å². The van der Waals surface area contributed by atoms with Gasteiger partial charge in [0.2, 0.25) is 0 Å². The second-order valence-electron chi connectivity index (χ2n) is 8.74. The Balaban J connectivity index is 1.81. The largest absolute Gasteiger partial charge is 0.481 e. The molecule has 4 bridgehead atoms. The monoisotopic (exact) mass is 346 g/mol. The number of carboxylic acids is 1. The van der Waals surface area contributed by atoms with Crippen LogP contribution in [0.4, 0.5) is 0 Å². The lowest BCUT2D eigenvalue weighted by molar-refractivity contribution is -0.165. The highest BCUT2D eigenvalue weighted by atomic mass is 16.6. The van der Waals surface area contributed by atoms with E-state index < -0.39 is 52.4 Å². The minimum Gasteiger partial charge on any atom is -0.481 e. The second-order valence-corrected chi connectivity index (χ2v) is 8.74. The first-order valence-electron chi connectivity index (χ1n) is 8.91. The van der Waals surface area contributed by atoms with Gasteiger partial charge < -0.3 is 20.1 Å². The smallest absolute Gasteiger partial charge is 0.316 e. The number of hydrogen-bond donors (Lipinski definition) is 3. The molecular weight excluding hydrogens is 324 g/mol. The third kappa shape index (κ3) is 1.33. The molecule has 5 rings (SSSR count). The molecule has 0 amide bonds. The predicted molar refractivity (Wildman–Crippen MR) is 85.1 cm³/mol. The van der Waals surface area contributed by atoms with Crippen molar-refractivity contribution in [1.82, 2.24) is 0 Å². The van der Waals surface area contributed by atoms with Crippen LogP contribution in [0, 0.1) is 34.5 Å². The number of ether oxygens (including phenoxy) is 1. The van der Waals surface area contributed by atoms with Crippen LogP contribution in [0.25, 0.3) is 0 Å². The van der Waals surface area contributed by atoms with Crippen LogP contribution in [-0.2, 0) is 14.3 Å². The molecule has 5 aliphatic rings. The van der Waals surface area contributed by atoms with Gasteiger partial charge in [0.15, 0.2) is 0 Å². The van der Waals surface area contributed by atoms with Crippen molar-refractivity contribution in [3.63, 3.8) is 0 Å². The van der Waals surface area contributed by atoms with E-state index in [0.29, 0.717) is 18.4 Å². The molecule has 1 aliphatic heterocycles. The number of hydrogen-bond acceptors (Lipinski definition) is 5. The molecule has 0 aromatic carbocycles. The number of fused-ring (bicyclic) bond motifs is 1. The van der Waals surface area contributed by atoms with E-state index >= 15 is 0 Å². The van der Waals surface area contributed by atoms with Crippen LogP contribution in [0.5, 0.6) is 0 Å². The maximum Gasteiger partial charge on any atom is 0.316 e. The van der Waals surface area contributed by atoms with Crippen LogP contribution >= 0.6 is 0 Å². The van der Waals surface area contributed by atoms with Gasteiger partial charge in [0.1, 0.15) is 11.0 Å². The van der Waals surface area contributed by atoms with Crippen LogP contribution in [-0.4, -0.2) is 45.1 Å². The van der Waals surface area contributed by atoms with Gasteiger partial charge in [-0.3, -0.25) is 9.59 Å². The standard InChI is InChI=1S/C19H22O6/c1-8-9-3-4-10-18(7-9,14(8)21)12(15(22)23)13-17(2)11(20)5-6-19(10,13)25-16(17)24/h5-6,9-14,20-21H,1,3-4,7H2,2H3,(H,22,23)/t9-,10-,11+,12-,13?,14?,17?,18-,19-/m1/s1. The second kappa shape index (κ2) is 4.18. The Labute approximate surface area is 145 Å². The van der Waals surface area contributed by atoms with Crippen molar-refractivity contribution in [1.29, 1.82) is 0 Å². The first-order chi connectivity index (χ1) is 11.7. The van der Waals surface area contributed by atoms with Gasteiger partial charge in [0.25, 0.3) is 0 Å². The van der Waals surface area contributed by atoms with Crippen molar-refractivity contribution in [2.45, 2.75) is 44.0 Å².